The molecule has 0 bridgehead atoms. The number of anilines is 2. The average molecular weight is 451 g/mol. The Kier molecular flexibility index (Phi) is 5.87. The summed E-state index contributed by atoms with van der Waals surface area (Å²) in [6, 6.07) is 12.9. The van der Waals surface area contributed by atoms with E-state index in [0.717, 1.165) is 55.8 Å². The highest BCUT2D eigenvalue weighted by Crippen LogP contribution is 2.29. The number of aromatic nitrogens is 3. The van der Waals surface area contributed by atoms with Crippen LogP contribution in [0.3, 0.4) is 0 Å². The molecule has 0 N–H and O–H groups in total. The van der Waals surface area contributed by atoms with E-state index in [1.807, 2.05) is 29.1 Å². The van der Waals surface area contributed by atoms with Crippen LogP contribution in [0, 0.1) is 12.8 Å². The van der Waals surface area contributed by atoms with Gasteiger partial charge in [0.25, 0.3) is 0 Å². The number of piperazine rings is 1. The van der Waals surface area contributed by atoms with Gasteiger partial charge in [-0.05, 0) is 56.5 Å². The lowest BCUT2D eigenvalue weighted by Gasteiger charge is -2.43. The highest BCUT2D eigenvalue weighted by atomic mass is 32.1. The van der Waals surface area contributed by atoms with Gasteiger partial charge in [0.2, 0.25) is 16.2 Å². The van der Waals surface area contributed by atoms with Crippen LogP contribution in [0.25, 0.3) is 5.13 Å². The minimum Gasteiger partial charge on any atom is -0.365 e. The van der Waals surface area contributed by atoms with Crippen molar-refractivity contribution in [3.05, 3.63) is 54.4 Å². The summed E-state index contributed by atoms with van der Waals surface area (Å²) in [6.45, 7) is 8.55. The SMILES string of the molecule is Cc1cccc(N2CCN(C(=O)C3CCN(c4nnc(-n5cccc5)s4)CC3)C[C@@H]2C)c1. The summed E-state index contributed by atoms with van der Waals surface area (Å²) in [6.07, 6.45) is 5.72. The van der Waals surface area contributed by atoms with E-state index in [9.17, 15) is 4.79 Å². The molecule has 8 heteroatoms. The van der Waals surface area contributed by atoms with Gasteiger partial charge in [0.15, 0.2) is 0 Å². The molecule has 168 valence electrons. The standard InChI is InChI=1S/C24H30N6OS/c1-18-6-5-7-21(16-18)30-15-14-29(17-19(30)2)22(31)20-8-12-28(13-9-20)24-26-25-23(32-24)27-10-3-4-11-27/h3-7,10-11,16,19-20H,8-9,12-15,17H2,1-2H3/t19-/m0/s1. The first kappa shape index (κ1) is 21.0. The van der Waals surface area contributed by atoms with Crippen molar-refractivity contribution in [1.29, 1.82) is 0 Å². The molecule has 0 saturated carbocycles. The number of carbonyl (C=O) groups excluding carboxylic acids is 1. The Labute approximate surface area is 193 Å². The third-order valence-corrected chi connectivity index (χ3v) is 7.61. The molecule has 2 aromatic heterocycles. The molecule has 0 unspecified atom stereocenters. The topological polar surface area (TPSA) is 57.5 Å². The number of rotatable bonds is 4. The average Bonchev–Trinajstić information content (AvgIpc) is 3.51. The van der Waals surface area contributed by atoms with Crippen molar-refractivity contribution in [2.24, 2.45) is 5.92 Å². The molecule has 0 aliphatic carbocycles. The van der Waals surface area contributed by atoms with E-state index in [2.05, 4.69) is 63.0 Å². The first-order valence-electron chi connectivity index (χ1n) is 11.4. The molecule has 1 atom stereocenters. The molecule has 1 amide bonds. The predicted molar refractivity (Wildman–Crippen MR) is 129 cm³/mol. The number of aryl methyl sites for hydroxylation is 1. The Morgan fingerprint density at radius 2 is 1.75 bits per heavy atom. The lowest BCUT2D eigenvalue weighted by atomic mass is 9.95. The molecule has 3 aromatic rings. The molecule has 1 aromatic carbocycles. The lowest BCUT2D eigenvalue weighted by molar-refractivity contribution is -0.137. The normalized spacial score (nSPS) is 20.1. The highest BCUT2D eigenvalue weighted by Gasteiger charge is 2.33. The van der Waals surface area contributed by atoms with E-state index in [1.165, 1.54) is 11.3 Å². The fourth-order valence-corrected chi connectivity index (χ4v) is 5.69. The van der Waals surface area contributed by atoms with Crippen molar-refractivity contribution in [3.63, 3.8) is 0 Å². The van der Waals surface area contributed by atoms with E-state index in [0.29, 0.717) is 11.9 Å². The zero-order valence-electron chi connectivity index (χ0n) is 18.7. The third kappa shape index (κ3) is 4.24. The minimum atomic E-state index is 0.112. The first-order chi connectivity index (χ1) is 15.6. The van der Waals surface area contributed by atoms with Gasteiger partial charge in [0, 0.05) is 62.8 Å². The van der Waals surface area contributed by atoms with Crippen LogP contribution in [-0.4, -0.2) is 64.3 Å². The molecular weight excluding hydrogens is 420 g/mol. The Morgan fingerprint density at radius 3 is 2.47 bits per heavy atom. The van der Waals surface area contributed by atoms with Crippen LogP contribution < -0.4 is 9.80 Å². The predicted octanol–water partition coefficient (Wildman–Crippen LogP) is 3.59. The summed E-state index contributed by atoms with van der Waals surface area (Å²) in [5.74, 6) is 0.437. The quantitative estimate of drug-likeness (QED) is 0.608. The van der Waals surface area contributed by atoms with E-state index in [1.54, 1.807) is 11.3 Å². The first-order valence-corrected chi connectivity index (χ1v) is 12.2. The van der Waals surface area contributed by atoms with Gasteiger partial charge in [-0.3, -0.25) is 9.36 Å². The molecular formula is C24H30N6OS. The third-order valence-electron chi connectivity index (χ3n) is 6.62. The van der Waals surface area contributed by atoms with Crippen LogP contribution in [0.4, 0.5) is 10.8 Å². The number of carbonyl (C=O) groups is 1. The second-order valence-corrected chi connectivity index (χ2v) is 9.82. The maximum atomic E-state index is 13.3. The van der Waals surface area contributed by atoms with Gasteiger partial charge in [-0.1, -0.05) is 23.5 Å². The molecule has 2 aliphatic heterocycles. The molecule has 0 radical (unpaired) electrons. The van der Waals surface area contributed by atoms with Gasteiger partial charge in [-0.2, -0.15) is 0 Å². The summed E-state index contributed by atoms with van der Waals surface area (Å²) in [5.41, 5.74) is 2.53. The minimum absolute atomic E-state index is 0.112. The van der Waals surface area contributed by atoms with Crippen LogP contribution in [0.2, 0.25) is 0 Å². The number of benzene rings is 1. The Balaban J connectivity index is 1.16. The molecule has 7 nitrogen and oxygen atoms in total. The van der Waals surface area contributed by atoms with Gasteiger partial charge in [-0.25, -0.2) is 0 Å². The molecule has 4 heterocycles. The second-order valence-electron chi connectivity index (χ2n) is 8.88. The number of hydrogen-bond acceptors (Lipinski definition) is 6. The Bertz CT molecular complexity index is 1060. The van der Waals surface area contributed by atoms with Gasteiger partial charge in [0.1, 0.15) is 0 Å². The van der Waals surface area contributed by atoms with Crippen LogP contribution in [0.1, 0.15) is 25.3 Å². The summed E-state index contributed by atoms with van der Waals surface area (Å²) in [5, 5.41) is 10.5. The maximum Gasteiger partial charge on any atom is 0.225 e. The number of nitrogens with zero attached hydrogens (tertiary/aromatic N) is 6. The fourth-order valence-electron chi connectivity index (χ4n) is 4.83. The number of amides is 1. The monoisotopic (exact) mass is 450 g/mol. The maximum absolute atomic E-state index is 13.3. The zero-order valence-corrected chi connectivity index (χ0v) is 19.5. The molecule has 0 spiro atoms. The summed E-state index contributed by atoms with van der Waals surface area (Å²) in [7, 11) is 0. The number of hydrogen-bond donors (Lipinski definition) is 0. The van der Waals surface area contributed by atoms with Gasteiger partial charge in [-0.15, -0.1) is 10.2 Å². The Morgan fingerprint density at radius 1 is 1.00 bits per heavy atom. The Hall–Kier alpha value is -2.87. The van der Waals surface area contributed by atoms with E-state index >= 15 is 0 Å². The van der Waals surface area contributed by atoms with Crippen LogP contribution in [0.15, 0.2) is 48.8 Å². The van der Waals surface area contributed by atoms with Crippen LogP contribution in [-0.2, 0) is 4.79 Å². The number of piperidine rings is 1. The fraction of sp³-hybridized carbons (Fsp3) is 0.458. The van der Waals surface area contributed by atoms with E-state index in [4.69, 9.17) is 0 Å². The van der Waals surface area contributed by atoms with Crippen molar-refractivity contribution in [2.45, 2.75) is 32.7 Å². The van der Waals surface area contributed by atoms with E-state index < -0.39 is 0 Å². The molecule has 2 fully saturated rings. The van der Waals surface area contributed by atoms with Crippen LogP contribution in [0.5, 0.6) is 0 Å². The van der Waals surface area contributed by atoms with Crippen LogP contribution >= 0.6 is 11.3 Å². The van der Waals surface area contributed by atoms with Crippen molar-refractivity contribution >= 4 is 28.1 Å². The summed E-state index contributed by atoms with van der Waals surface area (Å²) < 4.78 is 1.98. The van der Waals surface area contributed by atoms with Gasteiger partial charge >= 0.3 is 0 Å². The molecule has 2 aliphatic rings. The molecule has 2 saturated heterocycles. The van der Waals surface area contributed by atoms with Gasteiger partial charge < -0.3 is 14.7 Å². The summed E-state index contributed by atoms with van der Waals surface area (Å²) in [4.78, 5) is 20.0. The van der Waals surface area contributed by atoms with Crippen molar-refractivity contribution in [3.8, 4) is 5.13 Å². The van der Waals surface area contributed by atoms with Crippen molar-refractivity contribution in [1.82, 2.24) is 19.7 Å². The molecule has 5 rings (SSSR count). The van der Waals surface area contributed by atoms with Gasteiger partial charge in [0.05, 0.1) is 0 Å². The summed E-state index contributed by atoms with van der Waals surface area (Å²) >= 11 is 1.60. The zero-order chi connectivity index (χ0) is 22.1. The van der Waals surface area contributed by atoms with E-state index in [-0.39, 0.29) is 5.92 Å². The largest absolute Gasteiger partial charge is 0.365 e. The van der Waals surface area contributed by atoms with Crippen molar-refractivity contribution in [2.75, 3.05) is 42.5 Å². The smallest absolute Gasteiger partial charge is 0.225 e. The van der Waals surface area contributed by atoms with Crippen molar-refractivity contribution < 1.29 is 4.79 Å². The second kappa shape index (κ2) is 8.94. The lowest BCUT2D eigenvalue weighted by Crippen LogP contribution is -2.55. The highest BCUT2D eigenvalue weighted by molar-refractivity contribution is 7.17. The molecule has 32 heavy (non-hydrogen) atoms.